The van der Waals surface area contributed by atoms with E-state index in [2.05, 4.69) is 11.3 Å². The van der Waals surface area contributed by atoms with E-state index in [0.29, 0.717) is 6.61 Å². The van der Waals surface area contributed by atoms with Crippen molar-refractivity contribution in [1.82, 2.24) is 0 Å². The second-order valence-corrected chi connectivity index (χ2v) is 1.60. The largest absolute Gasteiger partial charge is 0.435 e. The molecule has 0 aliphatic carbocycles. The molecule has 11 heavy (non-hydrogen) atoms. The third kappa shape index (κ3) is 7.02. The molecule has 0 saturated carbocycles. The summed E-state index contributed by atoms with van der Waals surface area (Å²) in [6.07, 6.45) is 1.07. The van der Waals surface area contributed by atoms with Crippen LogP contribution in [0.15, 0.2) is 12.7 Å². The molecule has 0 atom stereocenters. The quantitative estimate of drug-likeness (QED) is 0.248. The molecule has 0 saturated heterocycles. The molecule has 0 spiro atoms. The van der Waals surface area contributed by atoms with Gasteiger partial charge in [0.2, 0.25) is 0 Å². The van der Waals surface area contributed by atoms with E-state index < -0.39 is 5.97 Å². The summed E-state index contributed by atoms with van der Waals surface area (Å²) in [5.74, 6) is -0.499. The molecule has 64 valence electrons. The van der Waals surface area contributed by atoms with Crippen LogP contribution in [0.25, 0.3) is 0 Å². The molecule has 0 radical (unpaired) electrons. The summed E-state index contributed by atoms with van der Waals surface area (Å²) < 4.78 is 14.0. The normalized spacial score (nSPS) is 9.18. The maximum Gasteiger partial charge on any atom is 0.332 e. The van der Waals surface area contributed by atoms with Gasteiger partial charge in [-0.2, -0.15) is 0 Å². The first-order valence-corrected chi connectivity index (χ1v) is 3.26. The molecule has 0 aliphatic rings. The lowest BCUT2D eigenvalue weighted by atomic mass is 10.7. The summed E-state index contributed by atoms with van der Waals surface area (Å²) in [4.78, 5) is 10.4. The van der Waals surface area contributed by atoms with Gasteiger partial charge in [0, 0.05) is 12.7 Å². The number of carbonyl (C=O) groups is 1. The second kappa shape index (κ2) is 7.24. The van der Waals surface area contributed by atoms with Crippen molar-refractivity contribution >= 4 is 5.97 Å². The molecule has 0 aromatic heterocycles. The minimum Gasteiger partial charge on any atom is -0.435 e. The zero-order chi connectivity index (χ0) is 8.53. The zero-order valence-corrected chi connectivity index (χ0v) is 6.54. The average molecular weight is 160 g/mol. The number of hydrogen-bond donors (Lipinski definition) is 0. The van der Waals surface area contributed by atoms with Crippen LogP contribution in [0.2, 0.25) is 0 Å². The number of esters is 1. The second-order valence-electron chi connectivity index (χ2n) is 1.60. The number of rotatable bonds is 6. The van der Waals surface area contributed by atoms with Crippen LogP contribution in [-0.4, -0.2) is 26.2 Å². The highest BCUT2D eigenvalue weighted by atomic mass is 16.7. The van der Waals surface area contributed by atoms with Gasteiger partial charge in [0.25, 0.3) is 0 Å². The molecule has 0 aliphatic heterocycles. The summed E-state index contributed by atoms with van der Waals surface area (Å²) in [7, 11) is 0. The van der Waals surface area contributed by atoms with Crippen molar-refractivity contribution in [2.75, 3.05) is 20.2 Å². The van der Waals surface area contributed by atoms with Crippen LogP contribution in [0.1, 0.15) is 6.92 Å². The first kappa shape index (κ1) is 10.1. The highest BCUT2D eigenvalue weighted by Crippen LogP contribution is 1.82. The fraction of sp³-hybridized carbons (Fsp3) is 0.571. The Morgan fingerprint density at radius 2 is 2.18 bits per heavy atom. The minimum absolute atomic E-state index is 0.0924. The van der Waals surface area contributed by atoms with Crippen LogP contribution in [0.5, 0.6) is 0 Å². The number of ether oxygens (including phenoxy) is 3. The number of hydrogen-bond acceptors (Lipinski definition) is 4. The maximum absolute atomic E-state index is 10.4. The molecule has 0 unspecified atom stereocenters. The molecule has 0 rings (SSSR count). The number of carbonyl (C=O) groups excluding carboxylic acids is 1. The Labute approximate surface area is 65.7 Å². The first-order chi connectivity index (χ1) is 5.31. The highest BCUT2D eigenvalue weighted by molar-refractivity contribution is 5.81. The Kier molecular flexibility index (Phi) is 6.67. The van der Waals surface area contributed by atoms with Gasteiger partial charge in [-0.25, -0.2) is 4.79 Å². The zero-order valence-electron chi connectivity index (χ0n) is 6.54. The Hall–Kier alpha value is -0.870. The van der Waals surface area contributed by atoms with Crippen LogP contribution >= 0.6 is 0 Å². The fourth-order valence-electron chi connectivity index (χ4n) is 0.335. The van der Waals surface area contributed by atoms with Crippen LogP contribution in [0.4, 0.5) is 0 Å². The summed E-state index contributed by atoms with van der Waals surface area (Å²) in [5.41, 5.74) is 0. The smallest absolute Gasteiger partial charge is 0.332 e. The average Bonchev–Trinajstić information content (AvgIpc) is 2.04. The van der Waals surface area contributed by atoms with Crippen LogP contribution in [0, 0.1) is 0 Å². The molecule has 0 N–H and O–H groups in total. The van der Waals surface area contributed by atoms with E-state index in [-0.39, 0.29) is 13.6 Å². The lowest BCUT2D eigenvalue weighted by Gasteiger charge is -2.02. The van der Waals surface area contributed by atoms with E-state index in [0.717, 1.165) is 6.08 Å². The van der Waals surface area contributed by atoms with Gasteiger partial charge in [-0.05, 0) is 6.92 Å². The van der Waals surface area contributed by atoms with Crippen LogP contribution in [0.3, 0.4) is 0 Å². The van der Waals surface area contributed by atoms with Crippen molar-refractivity contribution in [3.63, 3.8) is 0 Å². The van der Waals surface area contributed by atoms with Gasteiger partial charge < -0.3 is 14.2 Å². The van der Waals surface area contributed by atoms with Gasteiger partial charge in [-0.15, -0.1) is 0 Å². The van der Waals surface area contributed by atoms with Gasteiger partial charge in [0.05, 0.1) is 0 Å². The SMILES string of the molecule is C=CC(=O)OCOCOCC. The van der Waals surface area contributed by atoms with E-state index in [1.807, 2.05) is 6.92 Å². The molecule has 0 aromatic rings. The van der Waals surface area contributed by atoms with Crippen molar-refractivity contribution in [2.24, 2.45) is 0 Å². The molecule has 0 amide bonds. The third-order valence-electron chi connectivity index (χ3n) is 0.822. The van der Waals surface area contributed by atoms with Gasteiger partial charge in [-0.1, -0.05) is 6.58 Å². The molecular weight excluding hydrogens is 148 g/mol. The molecule has 0 bridgehead atoms. The van der Waals surface area contributed by atoms with Crippen molar-refractivity contribution in [3.8, 4) is 0 Å². The first-order valence-electron chi connectivity index (χ1n) is 3.26. The maximum atomic E-state index is 10.4. The van der Waals surface area contributed by atoms with E-state index >= 15 is 0 Å². The lowest BCUT2D eigenvalue weighted by molar-refractivity contribution is -0.162. The van der Waals surface area contributed by atoms with Crippen LogP contribution < -0.4 is 0 Å². The monoisotopic (exact) mass is 160 g/mol. The van der Waals surface area contributed by atoms with Gasteiger partial charge in [0.15, 0.2) is 13.6 Å². The third-order valence-corrected chi connectivity index (χ3v) is 0.822. The molecule has 0 aromatic carbocycles. The van der Waals surface area contributed by atoms with Gasteiger partial charge in [0.1, 0.15) is 0 Å². The molecule has 0 fully saturated rings. The van der Waals surface area contributed by atoms with Gasteiger partial charge in [-0.3, -0.25) is 0 Å². The standard InChI is InChI=1S/C7H12O4/c1-3-7(8)11-6-10-5-9-4-2/h3H,1,4-6H2,2H3. The Morgan fingerprint density at radius 1 is 1.45 bits per heavy atom. The van der Waals surface area contributed by atoms with E-state index in [4.69, 9.17) is 9.47 Å². The van der Waals surface area contributed by atoms with Crippen molar-refractivity contribution < 1.29 is 19.0 Å². The predicted octanol–water partition coefficient (Wildman–Crippen LogP) is 0.684. The van der Waals surface area contributed by atoms with E-state index in [9.17, 15) is 4.79 Å². The Balaban J connectivity index is 3.01. The van der Waals surface area contributed by atoms with Crippen molar-refractivity contribution in [1.29, 1.82) is 0 Å². The summed E-state index contributed by atoms with van der Waals surface area (Å²) in [6, 6.07) is 0. The predicted molar refractivity (Wildman–Crippen MR) is 38.7 cm³/mol. The van der Waals surface area contributed by atoms with Gasteiger partial charge >= 0.3 is 5.97 Å². The fourth-order valence-corrected chi connectivity index (χ4v) is 0.335. The van der Waals surface area contributed by atoms with Crippen molar-refractivity contribution in [3.05, 3.63) is 12.7 Å². The highest BCUT2D eigenvalue weighted by Gasteiger charge is 1.92. The topological polar surface area (TPSA) is 44.8 Å². The summed E-state index contributed by atoms with van der Waals surface area (Å²) >= 11 is 0. The van der Waals surface area contributed by atoms with Crippen LogP contribution in [-0.2, 0) is 19.0 Å². The molecule has 4 heteroatoms. The minimum atomic E-state index is -0.499. The van der Waals surface area contributed by atoms with E-state index in [1.165, 1.54) is 0 Å². The van der Waals surface area contributed by atoms with E-state index in [1.54, 1.807) is 0 Å². The summed E-state index contributed by atoms with van der Waals surface area (Å²) in [6.45, 7) is 5.69. The Bertz CT molecular complexity index is 122. The molecule has 4 nitrogen and oxygen atoms in total. The Morgan fingerprint density at radius 3 is 2.73 bits per heavy atom. The summed E-state index contributed by atoms with van der Waals surface area (Å²) in [5, 5.41) is 0. The lowest BCUT2D eigenvalue weighted by Crippen LogP contribution is -2.07. The van der Waals surface area contributed by atoms with Crippen molar-refractivity contribution in [2.45, 2.75) is 6.92 Å². The molecular formula is C7H12O4. The molecule has 0 heterocycles.